The van der Waals surface area contributed by atoms with Crippen LogP contribution in [0.5, 0.6) is 0 Å². The Kier molecular flexibility index (Phi) is 4.43. The molecular weight excluding hydrogens is 368 g/mol. The molecule has 0 bridgehead atoms. The van der Waals surface area contributed by atoms with Crippen LogP contribution in [0.2, 0.25) is 5.02 Å². The van der Waals surface area contributed by atoms with Crippen LogP contribution in [0.25, 0.3) is 16.5 Å². The normalized spacial score (nSPS) is 16.7. The Morgan fingerprint density at radius 1 is 1.19 bits per heavy atom. The smallest absolute Gasteiger partial charge is 0.345 e. The Bertz CT molecular complexity index is 1040. The maximum Gasteiger partial charge on any atom is 0.345 e. The van der Waals surface area contributed by atoms with E-state index in [1.165, 1.54) is 7.11 Å². The third kappa shape index (κ3) is 3.09. The molecule has 1 atom stereocenters. The predicted molar refractivity (Wildman–Crippen MR) is 101 cm³/mol. The van der Waals surface area contributed by atoms with E-state index in [9.17, 15) is 9.59 Å². The van der Waals surface area contributed by atoms with E-state index >= 15 is 0 Å². The van der Waals surface area contributed by atoms with E-state index in [0.717, 1.165) is 10.9 Å². The summed E-state index contributed by atoms with van der Waals surface area (Å²) in [6.07, 6.45) is -0.736. The minimum atomic E-state index is -0.736. The van der Waals surface area contributed by atoms with Gasteiger partial charge in [0.05, 0.1) is 7.11 Å². The Balaban J connectivity index is 1.90. The summed E-state index contributed by atoms with van der Waals surface area (Å²) in [5.74, 6) is -1.37. The van der Waals surface area contributed by atoms with Crippen molar-refractivity contribution in [3.8, 4) is 0 Å². The molecular formula is C20H15ClN2O4. The molecule has 2 aromatic carbocycles. The molecule has 4 rings (SSSR count). The number of carbonyl (C=O) groups is 2. The van der Waals surface area contributed by atoms with Crippen LogP contribution in [0.3, 0.4) is 0 Å². The van der Waals surface area contributed by atoms with Gasteiger partial charge in [0.15, 0.2) is 6.10 Å². The van der Waals surface area contributed by atoms with Crippen molar-refractivity contribution in [2.24, 2.45) is 0 Å². The van der Waals surface area contributed by atoms with Crippen LogP contribution in [0, 0.1) is 0 Å². The number of nitrogens with one attached hydrogen (secondary N) is 2. The molecule has 1 aliphatic rings. The quantitative estimate of drug-likeness (QED) is 0.411. The fourth-order valence-electron chi connectivity index (χ4n) is 3.19. The second-order valence-electron chi connectivity index (χ2n) is 6.03. The zero-order valence-corrected chi connectivity index (χ0v) is 15.0. The highest BCUT2D eigenvalue weighted by Gasteiger charge is 2.40. The van der Waals surface area contributed by atoms with Gasteiger partial charge in [0, 0.05) is 21.8 Å². The van der Waals surface area contributed by atoms with E-state index < -0.39 is 18.0 Å². The van der Waals surface area contributed by atoms with Gasteiger partial charge in [-0.05, 0) is 35.2 Å². The third-order valence-electron chi connectivity index (χ3n) is 4.38. The van der Waals surface area contributed by atoms with Crippen molar-refractivity contribution in [3.05, 3.63) is 76.5 Å². The van der Waals surface area contributed by atoms with Crippen molar-refractivity contribution in [2.75, 3.05) is 7.11 Å². The van der Waals surface area contributed by atoms with E-state index in [0.29, 0.717) is 21.9 Å². The molecule has 1 amide bonds. The van der Waals surface area contributed by atoms with E-state index in [2.05, 4.69) is 10.5 Å². The first-order valence-corrected chi connectivity index (χ1v) is 8.58. The molecule has 0 radical (unpaired) electrons. The number of ether oxygens (including phenoxy) is 1. The van der Waals surface area contributed by atoms with Gasteiger partial charge in [-0.3, -0.25) is 9.63 Å². The topological polar surface area (TPSA) is 80.4 Å². The summed E-state index contributed by atoms with van der Waals surface area (Å²) in [4.78, 5) is 32.9. The minimum Gasteiger partial charge on any atom is -0.449 e. The number of aromatic amines is 1. The van der Waals surface area contributed by atoms with Crippen LogP contribution in [0.1, 0.15) is 17.4 Å². The lowest BCUT2D eigenvalue weighted by Gasteiger charge is -2.14. The van der Waals surface area contributed by atoms with Gasteiger partial charge in [-0.2, -0.15) is 0 Å². The number of amides is 1. The maximum atomic E-state index is 12.5. The number of esters is 1. The van der Waals surface area contributed by atoms with Crippen molar-refractivity contribution in [3.63, 3.8) is 0 Å². The highest BCUT2D eigenvalue weighted by Crippen LogP contribution is 2.42. The first-order chi connectivity index (χ1) is 13.1. The lowest BCUT2D eigenvalue weighted by atomic mass is 9.96. The molecule has 0 saturated heterocycles. The lowest BCUT2D eigenvalue weighted by Crippen LogP contribution is -2.26. The number of carbonyl (C=O) groups excluding carboxylic acids is 2. The third-order valence-corrected chi connectivity index (χ3v) is 4.63. The summed E-state index contributed by atoms with van der Waals surface area (Å²) in [7, 11) is 1.30. The maximum absolute atomic E-state index is 12.5. The summed E-state index contributed by atoms with van der Waals surface area (Å²) < 4.78 is 5.54. The lowest BCUT2D eigenvalue weighted by molar-refractivity contribution is -0.142. The molecule has 1 aliphatic heterocycles. The standard InChI is InChI=1S/C20H15ClN2O4/c1-26-23-19(24)17-16(15-10-12-4-2-3-5-14(12)22-15)18(27-20(17)25)11-6-8-13(21)9-7-11/h2-10,18,22H,1H3,(H,23,24). The second-order valence-corrected chi connectivity index (χ2v) is 6.47. The van der Waals surface area contributed by atoms with Crippen molar-refractivity contribution in [2.45, 2.75) is 6.10 Å². The van der Waals surface area contributed by atoms with Crippen molar-refractivity contribution < 1.29 is 19.2 Å². The average molecular weight is 383 g/mol. The van der Waals surface area contributed by atoms with Crippen molar-refractivity contribution in [1.82, 2.24) is 10.5 Å². The summed E-state index contributed by atoms with van der Waals surface area (Å²) in [5.41, 5.74) is 4.79. The summed E-state index contributed by atoms with van der Waals surface area (Å²) in [5, 5.41) is 1.53. The first kappa shape index (κ1) is 17.3. The van der Waals surface area contributed by atoms with Gasteiger partial charge in [-0.25, -0.2) is 10.3 Å². The highest BCUT2D eigenvalue weighted by molar-refractivity contribution is 6.30. The van der Waals surface area contributed by atoms with Crippen LogP contribution >= 0.6 is 11.6 Å². The van der Waals surface area contributed by atoms with E-state index in [4.69, 9.17) is 21.2 Å². The Morgan fingerprint density at radius 2 is 1.93 bits per heavy atom. The van der Waals surface area contributed by atoms with E-state index in [-0.39, 0.29) is 5.57 Å². The molecule has 1 unspecified atom stereocenters. The largest absolute Gasteiger partial charge is 0.449 e. The van der Waals surface area contributed by atoms with Gasteiger partial charge >= 0.3 is 5.97 Å². The van der Waals surface area contributed by atoms with Gasteiger partial charge in [-0.15, -0.1) is 0 Å². The zero-order valence-electron chi connectivity index (χ0n) is 14.3. The molecule has 27 heavy (non-hydrogen) atoms. The number of benzene rings is 2. The molecule has 0 fully saturated rings. The molecule has 0 spiro atoms. The number of hydroxylamine groups is 1. The molecule has 136 valence electrons. The fourth-order valence-corrected chi connectivity index (χ4v) is 3.32. The number of halogens is 1. The number of para-hydroxylation sites is 1. The minimum absolute atomic E-state index is 0.0941. The Hall–Kier alpha value is -3.09. The number of hydrogen-bond acceptors (Lipinski definition) is 4. The molecule has 7 heteroatoms. The number of hydrogen-bond donors (Lipinski definition) is 2. The molecule has 1 aromatic heterocycles. The van der Waals surface area contributed by atoms with Crippen LogP contribution < -0.4 is 5.48 Å². The summed E-state index contributed by atoms with van der Waals surface area (Å²) in [6.45, 7) is 0. The first-order valence-electron chi connectivity index (χ1n) is 8.20. The van der Waals surface area contributed by atoms with Crippen LogP contribution in [-0.2, 0) is 19.2 Å². The number of cyclic esters (lactones) is 1. The summed E-state index contributed by atoms with van der Waals surface area (Å²) in [6, 6.07) is 16.5. The Morgan fingerprint density at radius 3 is 2.63 bits per heavy atom. The van der Waals surface area contributed by atoms with Gasteiger partial charge in [0.1, 0.15) is 5.57 Å². The molecule has 3 aromatic rings. The van der Waals surface area contributed by atoms with Gasteiger partial charge in [0.25, 0.3) is 5.91 Å². The predicted octanol–water partition coefficient (Wildman–Crippen LogP) is 3.55. The number of fused-ring (bicyclic) bond motifs is 1. The van der Waals surface area contributed by atoms with Gasteiger partial charge < -0.3 is 9.72 Å². The fraction of sp³-hybridized carbons (Fsp3) is 0.100. The highest BCUT2D eigenvalue weighted by atomic mass is 35.5. The monoisotopic (exact) mass is 382 g/mol. The van der Waals surface area contributed by atoms with Crippen LogP contribution in [0.4, 0.5) is 0 Å². The van der Waals surface area contributed by atoms with Gasteiger partial charge in [-0.1, -0.05) is 41.9 Å². The van der Waals surface area contributed by atoms with Crippen molar-refractivity contribution >= 4 is 40.0 Å². The number of aromatic nitrogens is 1. The molecule has 0 aliphatic carbocycles. The van der Waals surface area contributed by atoms with Crippen LogP contribution in [-0.4, -0.2) is 24.0 Å². The molecule has 0 saturated carbocycles. The molecule has 6 nitrogen and oxygen atoms in total. The SMILES string of the molecule is CONC(=O)C1=C(c2cc3ccccc3[nH]2)C(c2ccc(Cl)cc2)OC1=O. The average Bonchev–Trinajstić information content (AvgIpc) is 3.23. The Labute approximate surface area is 159 Å². The van der Waals surface area contributed by atoms with Crippen LogP contribution in [0.15, 0.2) is 60.2 Å². The number of H-pyrrole nitrogens is 1. The molecule has 2 N–H and O–H groups in total. The zero-order chi connectivity index (χ0) is 19.0. The van der Waals surface area contributed by atoms with Crippen molar-refractivity contribution in [1.29, 1.82) is 0 Å². The molecule has 2 heterocycles. The second kappa shape index (κ2) is 6.90. The van der Waals surface area contributed by atoms with E-state index in [1.807, 2.05) is 30.3 Å². The summed E-state index contributed by atoms with van der Waals surface area (Å²) >= 11 is 5.97. The van der Waals surface area contributed by atoms with E-state index in [1.54, 1.807) is 24.3 Å². The van der Waals surface area contributed by atoms with Gasteiger partial charge in [0.2, 0.25) is 0 Å². The number of rotatable bonds is 4.